The SMILES string of the molecule is [2H][C@@]1(c2cccc(C)c2)OC(N)=C(OS(=O)(=O)Cc2ccccc2)C1=O. The zero-order chi connectivity index (χ0) is 18.9. The second-order valence-corrected chi connectivity index (χ2v) is 7.16. The first kappa shape index (κ1) is 15.7. The summed E-state index contributed by atoms with van der Waals surface area (Å²) in [5.74, 6) is -2.59. The molecular formula is C18H17NO5S. The molecule has 0 unspecified atom stereocenters. The Balaban J connectivity index is 1.85. The van der Waals surface area contributed by atoms with Crippen molar-refractivity contribution in [3.63, 3.8) is 0 Å². The van der Waals surface area contributed by atoms with Gasteiger partial charge in [0.1, 0.15) is 5.75 Å². The summed E-state index contributed by atoms with van der Waals surface area (Å²) in [6.07, 6.45) is -2.17. The summed E-state index contributed by atoms with van der Waals surface area (Å²) >= 11 is 0. The van der Waals surface area contributed by atoms with E-state index in [-0.39, 0.29) is 5.56 Å². The van der Waals surface area contributed by atoms with E-state index < -0.39 is 39.4 Å². The first-order valence-electron chi connectivity index (χ1n) is 7.98. The third-order valence-electron chi connectivity index (χ3n) is 3.53. The van der Waals surface area contributed by atoms with Crippen molar-refractivity contribution >= 4 is 15.9 Å². The Morgan fingerprint density at radius 3 is 2.60 bits per heavy atom. The maximum absolute atomic E-state index is 12.6. The molecule has 0 aliphatic carbocycles. The molecule has 0 radical (unpaired) electrons. The number of carbonyl (C=O) groups excluding carboxylic acids is 1. The lowest BCUT2D eigenvalue weighted by Crippen LogP contribution is -2.16. The van der Waals surface area contributed by atoms with E-state index in [0.29, 0.717) is 5.56 Å². The van der Waals surface area contributed by atoms with E-state index >= 15 is 0 Å². The summed E-state index contributed by atoms with van der Waals surface area (Å²) in [4.78, 5) is 12.6. The summed E-state index contributed by atoms with van der Waals surface area (Å²) in [5, 5.41) is 0. The topological polar surface area (TPSA) is 95.7 Å². The van der Waals surface area contributed by atoms with Gasteiger partial charge in [0.25, 0.3) is 0 Å². The van der Waals surface area contributed by atoms with Crippen molar-refractivity contribution in [2.75, 3.05) is 0 Å². The fourth-order valence-corrected chi connectivity index (χ4v) is 3.48. The van der Waals surface area contributed by atoms with Crippen LogP contribution in [0.5, 0.6) is 0 Å². The second-order valence-electron chi connectivity index (χ2n) is 5.59. The van der Waals surface area contributed by atoms with Crippen LogP contribution in [-0.4, -0.2) is 14.2 Å². The molecule has 3 rings (SSSR count). The van der Waals surface area contributed by atoms with E-state index in [9.17, 15) is 13.2 Å². The number of aryl methyl sites for hydroxylation is 1. The summed E-state index contributed by atoms with van der Waals surface area (Å²) in [6, 6.07) is 15.0. The number of Topliss-reactive ketones (excluding diaryl/α,β-unsaturated/α-hetero) is 1. The maximum atomic E-state index is 12.6. The van der Waals surface area contributed by atoms with E-state index in [2.05, 4.69) is 0 Å². The lowest BCUT2D eigenvalue weighted by atomic mass is 10.0. The highest BCUT2D eigenvalue weighted by atomic mass is 32.2. The van der Waals surface area contributed by atoms with E-state index in [1.807, 2.05) is 0 Å². The van der Waals surface area contributed by atoms with Crippen molar-refractivity contribution in [1.29, 1.82) is 0 Å². The van der Waals surface area contributed by atoms with E-state index in [1.165, 1.54) is 6.07 Å². The Bertz CT molecular complexity index is 988. The van der Waals surface area contributed by atoms with Gasteiger partial charge in [-0.15, -0.1) is 0 Å². The van der Waals surface area contributed by atoms with Crippen LogP contribution in [-0.2, 0) is 29.6 Å². The number of ketones is 1. The third kappa shape index (κ3) is 3.83. The van der Waals surface area contributed by atoms with Gasteiger partial charge in [-0.25, -0.2) is 0 Å². The Labute approximate surface area is 147 Å². The average molecular weight is 360 g/mol. The van der Waals surface area contributed by atoms with Crippen molar-refractivity contribution in [3.8, 4) is 0 Å². The standard InChI is InChI=1S/C18H17NO5S/c1-12-6-5-9-14(10-12)16-15(20)17(18(19)23-16)24-25(21,22)11-13-7-3-2-4-8-13/h2-10,16H,11,19H2,1H3/t16-/m0/s1/i16D. The van der Waals surface area contributed by atoms with Crippen molar-refractivity contribution in [2.45, 2.75) is 18.8 Å². The first-order valence-corrected chi connectivity index (χ1v) is 9.06. The second kappa shape index (κ2) is 6.60. The normalized spacial score (nSPS) is 21.0. The fourth-order valence-electron chi connectivity index (χ4n) is 2.41. The molecule has 1 aliphatic heterocycles. The molecule has 0 aromatic heterocycles. The van der Waals surface area contributed by atoms with Crippen molar-refractivity contribution < 1.29 is 23.5 Å². The largest absolute Gasteiger partial charge is 0.460 e. The number of rotatable bonds is 5. The predicted molar refractivity (Wildman–Crippen MR) is 91.4 cm³/mol. The van der Waals surface area contributed by atoms with Crippen LogP contribution in [0.1, 0.15) is 24.1 Å². The van der Waals surface area contributed by atoms with Gasteiger partial charge < -0.3 is 14.7 Å². The van der Waals surface area contributed by atoms with Gasteiger partial charge in [-0.1, -0.05) is 60.2 Å². The highest BCUT2D eigenvalue weighted by molar-refractivity contribution is 7.86. The maximum Gasteiger partial charge on any atom is 0.313 e. The number of carbonyl (C=O) groups is 1. The number of hydrogen-bond donors (Lipinski definition) is 1. The highest BCUT2D eigenvalue weighted by Crippen LogP contribution is 2.33. The van der Waals surface area contributed by atoms with Crippen molar-refractivity contribution in [2.24, 2.45) is 5.73 Å². The minimum Gasteiger partial charge on any atom is -0.460 e. The molecule has 1 atom stereocenters. The highest BCUT2D eigenvalue weighted by Gasteiger charge is 2.39. The van der Waals surface area contributed by atoms with Gasteiger partial charge in [-0.2, -0.15) is 8.42 Å². The van der Waals surface area contributed by atoms with Crippen LogP contribution in [0.15, 0.2) is 66.2 Å². The summed E-state index contributed by atoms with van der Waals surface area (Å²) in [6.45, 7) is 1.80. The number of hydrogen-bond acceptors (Lipinski definition) is 6. The first-order chi connectivity index (χ1) is 12.2. The molecule has 6 nitrogen and oxygen atoms in total. The summed E-state index contributed by atoms with van der Waals surface area (Å²) < 4.78 is 43.0. The zero-order valence-electron chi connectivity index (χ0n) is 14.4. The van der Waals surface area contributed by atoms with Crippen LogP contribution in [0.2, 0.25) is 0 Å². The van der Waals surface area contributed by atoms with Crippen molar-refractivity contribution in [3.05, 3.63) is 82.9 Å². The molecule has 1 heterocycles. The predicted octanol–water partition coefficient (Wildman–Crippen LogP) is 2.31. The molecule has 0 saturated carbocycles. The van der Waals surface area contributed by atoms with Gasteiger partial charge in [0.2, 0.25) is 17.4 Å². The molecule has 25 heavy (non-hydrogen) atoms. The molecule has 0 fully saturated rings. The number of ether oxygens (including phenoxy) is 1. The molecule has 0 saturated heterocycles. The molecule has 1 aliphatic rings. The molecule has 0 spiro atoms. The third-order valence-corrected chi connectivity index (χ3v) is 4.63. The van der Waals surface area contributed by atoms with Gasteiger partial charge in [0.05, 0.1) is 1.37 Å². The lowest BCUT2D eigenvalue weighted by molar-refractivity contribution is -0.123. The molecule has 2 aromatic carbocycles. The number of benzene rings is 2. The van der Waals surface area contributed by atoms with Crippen LogP contribution < -0.4 is 5.73 Å². The molecule has 2 N–H and O–H groups in total. The van der Waals surface area contributed by atoms with Gasteiger partial charge in [-0.3, -0.25) is 4.79 Å². The quantitative estimate of drug-likeness (QED) is 0.822. The summed E-state index contributed by atoms with van der Waals surface area (Å²) in [5.41, 5.74) is 7.20. The van der Waals surface area contributed by atoms with Gasteiger partial charge >= 0.3 is 10.1 Å². The Kier molecular flexibility index (Phi) is 4.15. The van der Waals surface area contributed by atoms with Crippen LogP contribution in [0.25, 0.3) is 0 Å². The number of nitrogens with two attached hydrogens (primary N) is 1. The molecular weight excluding hydrogens is 342 g/mol. The summed E-state index contributed by atoms with van der Waals surface area (Å²) in [7, 11) is -4.15. The van der Waals surface area contributed by atoms with E-state index in [4.69, 9.17) is 16.0 Å². The fraction of sp³-hybridized carbons (Fsp3) is 0.167. The molecule has 0 bridgehead atoms. The van der Waals surface area contributed by atoms with Crippen LogP contribution in [0.4, 0.5) is 0 Å². The average Bonchev–Trinajstić information content (AvgIpc) is 2.79. The van der Waals surface area contributed by atoms with E-state index in [0.717, 1.165) is 5.56 Å². The molecule has 130 valence electrons. The van der Waals surface area contributed by atoms with Crippen LogP contribution in [0.3, 0.4) is 0 Å². The van der Waals surface area contributed by atoms with Gasteiger partial charge in [-0.05, 0) is 12.5 Å². The van der Waals surface area contributed by atoms with Crippen molar-refractivity contribution in [1.82, 2.24) is 0 Å². The Morgan fingerprint density at radius 2 is 1.92 bits per heavy atom. The lowest BCUT2D eigenvalue weighted by Gasteiger charge is -2.10. The minimum atomic E-state index is -4.15. The zero-order valence-corrected chi connectivity index (χ0v) is 14.2. The molecule has 2 aromatic rings. The monoisotopic (exact) mass is 360 g/mol. The Morgan fingerprint density at radius 1 is 1.20 bits per heavy atom. The minimum absolute atomic E-state index is 0.240. The van der Waals surface area contributed by atoms with Gasteiger partial charge in [0, 0.05) is 5.56 Å². The van der Waals surface area contributed by atoms with Crippen LogP contribution in [0, 0.1) is 6.92 Å². The smallest absolute Gasteiger partial charge is 0.313 e. The van der Waals surface area contributed by atoms with E-state index in [1.54, 1.807) is 55.5 Å². The van der Waals surface area contributed by atoms with Crippen LogP contribution >= 0.6 is 0 Å². The molecule has 0 amide bonds. The van der Waals surface area contributed by atoms with Gasteiger partial charge in [0.15, 0.2) is 6.08 Å². The Hall–Kier alpha value is -2.80. The molecule has 7 heteroatoms.